The fraction of sp³-hybridized carbons (Fsp3) is 0.537. The molecule has 1 saturated carbocycles. The van der Waals surface area contributed by atoms with E-state index in [1.54, 1.807) is 29.0 Å². The highest BCUT2D eigenvalue weighted by Gasteiger charge is 2.44. The van der Waals surface area contributed by atoms with Crippen LogP contribution in [0.15, 0.2) is 59.1 Å². The van der Waals surface area contributed by atoms with E-state index in [1.165, 1.54) is 11.8 Å². The van der Waals surface area contributed by atoms with E-state index in [9.17, 15) is 29.1 Å². The molecule has 3 atom stereocenters. The number of piperazine rings is 1. The van der Waals surface area contributed by atoms with Crippen LogP contribution in [0.4, 0.5) is 17.5 Å². The van der Waals surface area contributed by atoms with Crippen LogP contribution in [-0.2, 0) is 35.1 Å². The van der Waals surface area contributed by atoms with Crippen molar-refractivity contribution in [3.63, 3.8) is 0 Å². The quantitative estimate of drug-likeness (QED) is 0.0529. The number of ketones is 1. The number of hydrogen-bond acceptors (Lipinski definition) is 17. The van der Waals surface area contributed by atoms with Crippen molar-refractivity contribution in [2.45, 2.75) is 104 Å². The summed E-state index contributed by atoms with van der Waals surface area (Å²) in [7, 11) is 0. The van der Waals surface area contributed by atoms with E-state index in [1.807, 2.05) is 75.8 Å². The second-order valence-corrected chi connectivity index (χ2v) is 21.5. The lowest BCUT2D eigenvalue weighted by Crippen LogP contribution is -2.58. The van der Waals surface area contributed by atoms with E-state index in [4.69, 9.17) is 19.2 Å². The zero-order chi connectivity index (χ0) is 53.2. The van der Waals surface area contributed by atoms with Gasteiger partial charge >= 0.3 is 0 Å². The lowest BCUT2D eigenvalue weighted by Gasteiger charge is -2.35. The summed E-state index contributed by atoms with van der Waals surface area (Å²) in [5.74, 6) is -0.627. The number of nitrogens with zero attached hydrogens (tertiary/aromatic N) is 8. The van der Waals surface area contributed by atoms with Gasteiger partial charge in [-0.15, -0.1) is 11.3 Å². The van der Waals surface area contributed by atoms with E-state index < -0.39 is 35.4 Å². The smallest absolute Gasteiger partial charge is 0.263 e. The lowest BCUT2D eigenvalue weighted by atomic mass is 9.85. The number of likely N-dealkylation sites (tertiary alicyclic amines) is 1. The Hall–Kier alpha value is -6.23. The summed E-state index contributed by atoms with van der Waals surface area (Å²) in [6.07, 6.45) is 6.55. The van der Waals surface area contributed by atoms with Gasteiger partial charge in [0.25, 0.3) is 5.56 Å². The average Bonchev–Trinajstić information content (AvgIpc) is 4.18. The van der Waals surface area contributed by atoms with E-state index in [-0.39, 0.29) is 68.2 Å². The number of carbonyl (C=O) groups excluding carboxylic acids is 4. The minimum atomic E-state index is -0.964. The highest BCUT2D eigenvalue weighted by Crippen LogP contribution is 2.33. The zero-order valence-electron chi connectivity index (χ0n) is 43.9. The molecule has 1 aromatic carbocycles. The molecule has 20 nitrogen and oxygen atoms in total. The van der Waals surface area contributed by atoms with Gasteiger partial charge in [0.15, 0.2) is 5.78 Å². The van der Waals surface area contributed by atoms with Crippen molar-refractivity contribution < 1.29 is 38.5 Å². The number of thiazole rings is 1. The number of aliphatic hydroxyl groups excluding tert-OH is 1. The number of benzene rings is 1. The molecule has 3 fully saturated rings. The molecule has 0 unspecified atom stereocenters. The van der Waals surface area contributed by atoms with Gasteiger partial charge in [-0.3, -0.25) is 33.4 Å². The minimum Gasteiger partial charge on any atom is -0.391 e. The van der Waals surface area contributed by atoms with Gasteiger partial charge in [-0.2, -0.15) is 4.98 Å². The molecule has 4 aromatic heterocycles. The van der Waals surface area contributed by atoms with Crippen molar-refractivity contribution in [3.05, 3.63) is 87.0 Å². The molecular weight excluding hydrogens is 979 g/mol. The maximum Gasteiger partial charge on any atom is 0.263 e. The monoisotopic (exact) mass is 1050 g/mol. The van der Waals surface area contributed by atoms with Crippen LogP contribution in [0.2, 0.25) is 0 Å². The van der Waals surface area contributed by atoms with Gasteiger partial charge < -0.3 is 45.1 Å². The number of hydrogen-bond donors (Lipinski definition) is 4. The van der Waals surface area contributed by atoms with Gasteiger partial charge in [-0.05, 0) is 67.9 Å². The Bertz CT molecular complexity index is 2840. The van der Waals surface area contributed by atoms with Crippen LogP contribution in [0.3, 0.4) is 0 Å². The highest BCUT2D eigenvalue weighted by molar-refractivity contribution is 7.13. The number of carbonyl (C=O) groups is 4. The molecule has 402 valence electrons. The van der Waals surface area contributed by atoms with E-state index in [0.29, 0.717) is 48.2 Å². The zero-order valence-corrected chi connectivity index (χ0v) is 44.7. The number of Topliss-reactive ketones (excluding diaryl/α,β-unsaturated/α-hetero) is 1. The number of fused-ring (bicyclic) bond motifs is 1. The first-order valence-corrected chi connectivity index (χ1v) is 26.8. The van der Waals surface area contributed by atoms with Crippen LogP contribution >= 0.6 is 11.3 Å². The largest absolute Gasteiger partial charge is 0.391 e. The summed E-state index contributed by atoms with van der Waals surface area (Å²) in [5, 5.41) is 20.2. The first kappa shape index (κ1) is 55.0. The summed E-state index contributed by atoms with van der Waals surface area (Å²) in [6, 6.07) is 9.94. The molecule has 0 spiro atoms. The van der Waals surface area contributed by atoms with Crippen LogP contribution in [0.25, 0.3) is 21.5 Å². The maximum absolute atomic E-state index is 14.0. The molecule has 2 aliphatic heterocycles. The molecule has 0 bridgehead atoms. The number of anilines is 3. The number of amides is 3. The number of aromatic nitrogens is 5. The Morgan fingerprint density at radius 3 is 2.24 bits per heavy atom. The molecule has 6 heterocycles. The number of pyridine rings is 2. The van der Waals surface area contributed by atoms with Gasteiger partial charge in [0, 0.05) is 69.9 Å². The third-order valence-corrected chi connectivity index (χ3v) is 15.2. The second-order valence-electron chi connectivity index (χ2n) is 20.7. The highest BCUT2D eigenvalue weighted by atomic mass is 32.1. The number of nitrogens with one attached hydrogen (secondary N) is 3. The molecule has 1 aliphatic carbocycles. The topological polar surface area (TPSA) is 236 Å². The van der Waals surface area contributed by atoms with Crippen molar-refractivity contribution in [3.8, 4) is 10.4 Å². The molecule has 75 heavy (non-hydrogen) atoms. The number of aliphatic hydroxyl groups is 1. The Labute approximate surface area is 441 Å². The Kier molecular flexibility index (Phi) is 18.4. The Morgan fingerprint density at radius 2 is 1.59 bits per heavy atom. The van der Waals surface area contributed by atoms with Gasteiger partial charge in [-0.25, -0.2) is 15.0 Å². The molecule has 3 aliphatic rings. The lowest BCUT2D eigenvalue weighted by molar-refractivity contribution is -0.144. The summed E-state index contributed by atoms with van der Waals surface area (Å²) < 4.78 is 18.8. The number of aryl methyl sites for hydroxylation is 2. The maximum atomic E-state index is 14.0. The molecule has 4 N–H and O–H groups in total. The van der Waals surface area contributed by atoms with Crippen molar-refractivity contribution in [2.75, 3.05) is 89.1 Å². The van der Waals surface area contributed by atoms with E-state index >= 15 is 0 Å². The molecule has 21 heteroatoms. The first-order chi connectivity index (χ1) is 36.0. The second kappa shape index (κ2) is 25.1. The van der Waals surface area contributed by atoms with Crippen molar-refractivity contribution in [1.29, 1.82) is 0 Å². The molecule has 5 aromatic rings. The Morgan fingerprint density at radius 1 is 0.880 bits per heavy atom. The average molecular weight is 1050 g/mol. The normalized spacial score (nSPS) is 17.9. The first-order valence-electron chi connectivity index (χ1n) is 26.0. The third kappa shape index (κ3) is 13.8. The molecular formula is C54H71N11O9S. The van der Waals surface area contributed by atoms with Crippen LogP contribution < -0.4 is 26.4 Å². The molecule has 2 saturated heterocycles. The summed E-state index contributed by atoms with van der Waals surface area (Å²) in [6.45, 7) is 16.6. The van der Waals surface area contributed by atoms with Crippen molar-refractivity contribution in [1.82, 2.24) is 44.9 Å². The summed E-state index contributed by atoms with van der Waals surface area (Å²) in [5.41, 5.74) is 6.09. The van der Waals surface area contributed by atoms with Crippen molar-refractivity contribution >= 4 is 63.3 Å². The third-order valence-electron chi connectivity index (χ3n) is 14.2. The number of β-amino-alcohol motifs (C(OH)–C–C–N with tert-alkyl or cyclic N) is 1. The number of rotatable bonds is 22. The van der Waals surface area contributed by atoms with Gasteiger partial charge in [0.05, 0.1) is 72.7 Å². The fourth-order valence-corrected chi connectivity index (χ4v) is 10.9. The van der Waals surface area contributed by atoms with E-state index in [0.717, 1.165) is 85.8 Å². The Balaban J connectivity index is 0.691. The summed E-state index contributed by atoms with van der Waals surface area (Å²) in [4.78, 5) is 91.9. The SMILES string of the molecule is CC(=O)c1c(C)c2cnc(Nc3ccc(N4CCN(CCOCCOCCOCC(=O)N[C@H](C(=O)N5C[C@H](O)C[C@H]5C(=O)NCc5ccc(-c6scnc6C)cc5)C(C)(C)C)CC4)cn3)nc2n(C2CCCC2)c1=O. The van der Waals surface area contributed by atoms with Crippen LogP contribution in [0.5, 0.6) is 0 Å². The van der Waals surface area contributed by atoms with Crippen LogP contribution in [-0.4, -0.2) is 160 Å². The van der Waals surface area contributed by atoms with Gasteiger partial charge in [0.1, 0.15) is 30.2 Å². The molecule has 3 amide bonds. The predicted molar refractivity (Wildman–Crippen MR) is 286 cm³/mol. The molecule has 0 radical (unpaired) electrons. The fourth-order valence-electron chi connectivity index (χ4n) is 10.1. The predicted octanol–water partition coefficient (Wildman–Crippen LogP) is 4.97. The van der Waals surface area contributed by atoms with Crippen molar-refractivity contribution in [2.24, 2.45) is 5.41 Å². The summed E-state index contributed by atoms with van der Waals surface area (Å²) >= 11 is 1.57. The standard InChI is InChI=1S/C54H71N11O9S/c1-34-42-30-57-53(61-49(42)65(39-9-7-8-10-39)51(70)46(34)36(3)66)59-44-16-15-40(29-55-44)63-19-17-62(18-20-63)21-22-72-23-24-73-25-26-74-32-45(68)60-48(54(4,5)6)52(71)64-31-41(67)27-43(64)50(69)56-28-37-11-13-38(14-12-37)47-35(2)58-33-75-47/h11-16,29-30,33,39,41,43,48,67H,7-10,17-28,31-32H2,1-6H3,(H,56,69)(H,60,68)(H,55,57,59,61)/t41-,43+,48-/m1/s1. The molecule has 8 rings (SSSR count). The van der Waals surface area contributed by atoms with Crippen LogP contribution in [0, 0.1) is 19.3 Å². The van der Waals surface area contributed by atoms with Crippen LogP contribution in [0.1, 0.15) is 93.0 Å². The minimum absolute atomic E-state index is 0.00250. The number of ether oxygens (including phenoxy) is 3. The van der Waals surface area contributed by atoms with E-state index in [2.05, 4.69) is 40.7 Å². The van der Waals surface area contributed by atoms with Gasteiger partial charge in [-0.1, -0.05) is 57.9 Å². The van der Waals surface area contributed by atoms with Gasteiger partial charge in [0.2, 0.25) is 23.7 Å².